The molecule has 0 spiro atoms. The average Bonchev–Trinajstić information content (AvgIpc) is 2.36. The minimum atomic E-state index is -0.487. The van der Waals surface area contributed by atoms with E-state index in [1.165, 1.54) is 4.90 Å². The van der Waals surface area contributed by atoms with Crippen LogP contribution in [0, 0.1) is 0 Å². The van der Waals surface area contributed by atoms with Gasteiger partial charge in [-0.3, -0.25) is 9.59 Å². The zero-order chi connectivity index (χ0) is 14.1. The van der Waals surface area contributed by atoms with Crippen LogP contribution in [-0.4, -0.2) is 54.3 Å². The third kappa shape index (κ3) is 5.49. The van der Waals surface area contributed by atoms with Crippen molar-refractivity contribution in [3.8, 4) is 0 Å². The first-order valence-corrected chi connectivity index (χ1v) is 6.76. The molecule has 0 aromatic carbocycles. The maximum atomic E-state index is 11.9. The van der Waals surface area contributed by atoms with Crippen molar-refractivity contribution in [3.05, 3.63) is 0 Å². The molecule has 5 nitrogen and oxygen atoms in total. The molecular weight excluding hydrogens is 230 g/mol. The first-order valence-electron chi connectivity index (χ1n) is 6.76. The molecule has 0 aromatic rings. The third-order valence-electron chi connectivity index (χ3n) is 3.05. The van der Waals surface area contributed by atoms with Crippen molar-refractivity contribution in [3.63, 3.8) is 0 Å². The lowest BCUT2D eigenvalue weighted by atomic mass is 10.1. The molecule has 0 aromatic heterocycles. The molecule has 1 atom stereocenters. The molecule has 2 N–H and O–H groups in total. The summed E-state index contributed by atoms with van der Waals surface area (Å²) < 4.78 is 0. The van der Waals surface area contributed by atoms with Gasteiger partial charge in [0.15, 0.2) is 0 Å². The topological polar surface area (TPSA) is 66.6 Å². The number of carbonyl (C=O) groups excluding carboxylic acids is 2. The number of hydrogen-bond acceptors (Lipinski definition) is 3. The Labute approximate surface area is 110 Å². The van der Waals surface area contributed by atoms with Crippen LogP contribution in [-0.2, 0) is 9.59 Å². The molecule has 5 heteroatoms. The maximum absolute atomic E-state index is 11.9. The normalized spacial score (nSPS) is 12.1. The van der Waals surface area contributed by atoms with Gasteiger partial charge in [0, 0.05) is 20.1 Å². The molecule has 0 saturated heterocycles. The first kappa shape index (κ1) is 16.9. The number of unbranched alkanes of at least 4 members (excludes halogenated alkanes) is 1. The van der Waals surface area contributed by atoms with E-state index in [-0.39, 0.29) is 18.4 Å². The Morgan fingerprint density at radius 2 is 1.72 bits per heavy atom. The fraction of sp³-hybridized carbons (Fsp3) is 0.846. The Bertz CT molecular complexity index is 265. The molecule has 2 amide bonds. The highest BCUT2D eigenvalue weighted by molar-refractivity contribution is 5.87. The van der Waals surface area contributed by atoms with Crippen LogP contribution in [0.25, 0.3) is 0 Å². The van der Waals surface area contributed by atoms with Crippen LogP contribution < -0.4 is 5.73 Å². The summed E-state index contributed by atoms with van der Waals surface area (Å²) in [5.41, 5.74) is 5.80. The highest BCUT2D eigenvalue weighted by Crippen LogP contribution is 2.02. The molecule has 106 valence electrons. The van der Waals surface area contributed by atoms with Crippen LogP contribution in [0.15, 0.2) is 0 Å². The number of nitrogens with zero attached hydrogens (tertiary/aromatic N) is 2. The van der Waals surface area contributed by atoms with Gasteiger partial charge in [-0.05, 0) is 20.3 Å². The average molecular weight is 257 g/mol. The fourth-order valence-electron chi connectivity index (χ4n) is 1.79. The molecule has 0 bridgehead atoms. The van der Waals surface area contributed by atoms with Gasteiger partial charge in [0.1, 0.15) is 0 Å². The van der Waals surface area contributed by atoms with Gasteiger partial charge in [-0.1, -0.05) is 19.8 Å². The van der Waals surface area contributed by atoms with Crippen molar-refractivity contribution in [2.75, 3.05) is 26.7 Å². The molecule has 0 saturated carbocycles. The summed E-state index contributed by atoms with van der Waals surface area (Å²) in [5.74, 6) is -0.178. The molecule has 0 aliphatic rings. The number of rotatable bonds is 8. The van der Waals surface area contributed by atoms with E-state index in [0.29, 0.717) is 19.5 Å². The van der Waals surface area contributed by atoms with Crippen molar-refractivity contribution >= 4 is 11.8 Å². The van der Waals surface area contributed by atoms with E-state index >= 15 is 0 Å². The zero-order valence-electron chi connectivity index (χ0n) is 12.1. The van der Waals surface area contributed by atoms with Crippen LogP contribution in [0.5, 0.6) is 0 Å². The van der Waals surface area contributed by atoms with E-state index < -0.39 is 6.04 Å². The van der Waals surface area contributed by atoms with Gasteiger partial charge in [-0.25, -0.2) is 0 Å². The summed E-state index contributed by atoms with van der Waals surface area (Å²) in [7, 11) is 1.63. The minimum Gasteiger partial charge on any atom is -0.342 e. The Balaban J connectivity index is 4.26. The van der Waals surface area contributed by atoms with Gasteiger partial charge >= 0.3 is 0 Å². The summed E-state index contributed by atoms with van der Waals surface area (Å²) in [6.45, 7) is 7.36. The van der Waals surface area contributed by atoms with E-state index in [1.54, 1.807) is 11.9 Å². The predicted molar refractivity (Wildman–Crippen MR) is 73.1 cm³/mol. The van der Waals surface area contributed by atoms with Gasteiger partial charge in [0.25, 0.3) is 0 Å². The predicted octanol–water partition coefficient (Wildman–Crippen LogP) is 0.831. The molecule has 0 heterocycles. The van der Waals surface area contributed by atoms with Crippen molar-refractivity contribution in [1.82, 2.24) is 9.80 Å². The highest BCUT2D eigenvalue weighted by Gasteiger charge is 2.21. The molecule has 0 fully saturated rings. The molecule has 0 aliphatic carbocycles. The summed E-state index contributed by atoms with van der Waals surface area (Å²) >= 11 is 0. The monoisotopic (exact) mass is 257 g/mol. The van der Waals surface area contributed by atoms with Gasteiger partial charge in [-0.2, -0.15) is 0 Å². The lowest BCUT2D eigenvalue weighted by Gasteiger charge is -2.25. The number of nitrogens with two attached hydrogens (primary N) is 1. The van der Waals surface area contributed by atoms with Gasteiger partial charge in [0.2, 0.25) is 11.8 Å². The molecule has 18 heavy (non-hydrogen) atoms. The number of amides is 2. The minimum absolute atomic E-state index is 0.0291. The molecule has 0 aliphatic heterocycles. The molecule has 0 radical (unpaired) electrons. The Kier molecular flexibility index (Phi) is 8.37. The van der Waals surface area contributed by atoms with Gasteiger partial charge in [0.05, 0.1) is 12.6 Å². The molecule has 0 rings (SSSR count). The summed E-state index contributed by atoms with van der Waals surface area (Å²) in [4.78, 5) is 26.9. The van der Waals surface area contributed by atoms with Crippen LogP contribution in [0.1, 0.15) is 40.0 Å². The molecular formula is C13H27N3O2. The maximum Gasteiger partial charge on any atom is 0.242 e. The number of hydrogen-bond donors (Lipinski definition) is 1. The van der Waals surface area contributed by atoms with E-state index in [2.05, 4.69) is 6.92 Å². The second-order valence-electron chi connectivity index (χ2n) is 4.51. The van der Waals surface area contributed by atoms with Gasteiger partial charge < -0.3 is 15.5 Å². The second kappa shape index (κ2) is 8.91. The van der Waals surface area contributed by atoms with Crippen LogP contribution in [0.4, 0.5) is 0 Å². The van der Waals surface area contributed by atoms with Gasteiger partial charge in [-0.15, -0.1) is 0 Å². The lowest BCUT2D eigenvalue weighted by Crippen LogP contribution is -2.46. The van der Waals surface area contributed by atoms with Crippen molar-refractivity contribution < 1.29 is 9.59 Å². The number of carbonyl (C=O) groups is 2. The quantitative estimate of drug-likeness (QED) is 0.700. The largest absolute Gasteiger partial charge is 0.342 e. The zero-order valence-corrected chi connectivity index (χ0v) is 12.1. The van der Waals surface area contributed by atoms with Crippen LogP contribution in [0.3, 0.4) is 0 Å². The van der Waals surface area contributed by atoms with Crippen LogP contribution >= 0.6 is 0 Å². The SMILES string of the molecule is CCCCC(N)C(=O)N(C)CC(=O)N(CC)CC. The second-order valence-corrected chi connectivity index (χ2v) is 4.51. The summed E-state index contributed by atoms with van der Waals surface area (Å²) in [5, 5.41) is 0. The van der Waals surface area contributed by atoms with Crippen molar-refractivity contribution in [2.24, 2.45) is 5.73 Å². The summed E-state index contributed by atoms with van der Waals surface area (Å²) in [6, 6.07) is -0.487. The van der Waals surface area contributed by atoms with E-state index in [0.717, 1.165) is 12.8 Å². The van der Waals surface area contributed by atoms with Crippen LogP contribution in [0.2, 0.25) is 0 Å². The van der Waals surface area contributed by atoms with E-state index in [1.807, 2.05) is 13.8 Å². The highest BCUT2D eigenvalue weighted by atomic mass is 16.2. The first-order chi connectivity index (χ1) is 8.47. The van der Waals surface area contributed by atoms with E-state index in [4.69, 9.17) is 5.73 Å². The van der Waals surface area contributed by atoms with E-state index in [9.17, 15) is 9.59 Å². The lowest BCUT2D eigenvalue weighted by molar-refractivity contribution is -0.140. The Hall–Kier alpha value is -1.10. The molecule has 1 unspecified atom stereocenters. The van der Waals surface area contributed by atoms with Crippen molar-refractivity contribution in [2.45, 2.75) is 46.1 Å². The number of likely N-dealkylation sites (N-methyl/N-ethyl adjacent to an activating group) is 2. The fourth-order valence-corrected chi connectivity index (χ4v) is 1.79. The Morgan fingerprint density at radius 3 is 2.17 bits per heavy atom. The smallest absolute Gasteiger partial charge is 0.242 e. The Morgan fingerprint density at radius 1 is 1.17 bits per heavy atom. The summed E-state index contributed by atoms with van der Waals surface area (Å²) in [6.07, 6.45) is 2.63. The third-order valence-corrected chi connectivity index (χ3v) is 3.05. The van der Waals surface area contributed by atoms with Crippen molar-refractivity contribution in [1.29, 1.82) is 0 Å². The standard InChI is InChI=1S/C13H27N3O2/c1-5-8-9-11(14)13(18)15(4)10-12(17)16(6-2)7-3/h11H,5-10,14H2,1-4H3.